The lowest BCUT2D eigenvalue weighted by Gasteiger charge is -2.22. The molecule has 0 saturated heterocycles. The molecule has 1 aromatic carbocycles. The molecule has 2 unspecified atom stereocenters. The van der Waals surface area contributed by atoms with Crippen LogP contribution in [0.1, 0.15) is 44.4 Å². The molecule has 1 nitrogen and oxygen atoms in total. The van der Waals surface area contributed by atoms with Crippen LogP contribution in [0.5, 0.6) is 0 Å². The minimum Gasteiger partial charge on any atom is -0.309 e. The Balaban J connectivity index is 2.07. The minimum atomic E-state index is 0.560. The summed E-state index contributed by atoms with van der Waals surface area (Å²) in [6, 6.07) is 9.51. The molecule has 0 bridgehead atoms. The second kappa shape index (κ2) is 6.63. The summed E-state index contributed by atoms with van der Waals surface area (Å²) in [5.41, 5.74) is 3.08. The Morgan fingerprint density at radius 2 is 2.11 bits per heavy atom. The highest BCUT2D eigenvalue weighted by atomic mass is 32.2. The van der Waals surface area contributed by atoms with Gasteiger partial charge < -0.3 is 5.32 Å². The van der Waals surface area contributed by atoms with Crippen LogP contribution in [-0.4, -0.2) is 17.5 Å². The van der Waals surface area contributed by atoms with E-state index in [-0.39, 0.29) is 0 Å². The monoisotopic (exact) mass is 263 g/mol. The molecular formula is C16H25NS. The van der Waals surface area contributed by atoms with E-state index < -0.39 is 0 Å². The number of thioether (sulfide) groups is 1. The van der Waals surface area contributed by atoms with Gasteiger partial charge in [-0.2, -0.15) is 11.8 Å². The quantitative estimate of drug-likeness (QED) is 0.831. The number of hydrogen-bond donors (Lipinski definition) is 1. The smallest absolute Gasteiger partial charge is 0.0446 e. The van der Waals surface area contributed by atoms with Crippen LogP contribution in [0.15, 0.2) is 24.3 Å². The lowest BCUT2D eigenvalue weighted by molar-refractivity contribution is 0.538. The number of hydrogen-bond acceptors (Lipinski definition) is 2. The molecule has 18 heavy (non-hydrogen) atoms. The van der Waals surface area contributed by atoms with Gasteiger partial charge in [-0.1, -0.05) is 45.0 Å². The largest absolute Gasteiger partial charge is 0.309 e. The molecule has 0 aliphatic heterocycles. The first-order chi connectivity index (χ1) is 8.72. The summed E-state index contributed by atoms with van der Waals surface area (Å²) in [4.78, 5) is 0. The Bertz CT molecular complexity index is 375. The highest BCUT2D eigenvalue weighted by Crippen LogP contribution is 2.38. The van der Waals surface area contributed by atoms with Crippen molar-refractivity contribution in [2.75, 3.05) is 12.3 Å². The predicted octanol–water partition coefficient (Wildman–Crippen LogP) is 4.04. The van der Waals surface area contributed by atoms with E-state index in [4.69, 9.17) is 0 Å². The minimum absolute atomic E-state index is 0.560. The van der Waals surface area contributed by atoms with Crippen LogP contribution in [0.2, 0.25) is 0 Å². The molecule has 1 aliphatic rings. The van der Waals surface area contributed by atoms with Crippen LogP contribution >= 0.6 is 11.8 Å². The first kappa shape index (κ1) is 14.0. The van der Waals surface area contributed by atoms with Gasteiger partial charge in [-0.15, -0.1) is 0 Å². The van der Waals surface area contributed by atoms with Crippen molar-refractivity contribution in [3.8, 4) is 0 Å². The maximum Gasteiger partial charge on any atom is 0.0446 e. The lowest BCUT2D eigenvalue weighted by atomic mass is 10.1. The van der Waals surface area contributed by atoms with Crippen molar-refractivity contribution in [3.63, 3.8) is 0 Å². The van der Waals surface area contributed by atoms with Crippen molar-refractivity contribution < 1.29 is 0 Å². The van der Waals surface area contributed by atoms with E-state index in [1.165, 1.54) is 24.2 Å². The van der Waals surface area contributed by atoms with E-state index >= 15 is 0 Å². The summed E-state index contributed by atoms with van der Waals surface area (Å²) in [5, 5.41) is 4.46. The van der Waals surface area contributed by atoms with Gasteiger partial charge in [0.25, 0.3) is 0 Å². The highest BCUT2D eigenvalue weighted by molar-refractivity contribution is 7.99. The van der Waals surface area contributed by atoms with Gasteiger partial charge in [0.1, 0.15) is 0 Å². The Hall–Kier alpha value is -0.470. The fourth-order valence-electron chi connectivity index (χ4n) is 2.57. The lowest BCUT2D eigenvalue weighted by Crippen LogP contribution is -2.28. The van der Waals surface area contributed by atoms with Crippen molar-refractivity contribution in [3.05, 3.63) is 35.4 Å². The molecule has 0 heterocycles. The summed E-state index contributed by atoms with van der Waals surface area (Å²) in [6.07, 6.45) is 2.44. The molecular weight excluding hydrogens is 238 g/mol. The van der Waals surface area contributed by atoms with Crippen molar-refractivity contribution in [1.82, 2.24) is 5.32 Å². The van der Waals surface area contributed by atoms with Crippen LogP contribution in [0.3, 0.4) is 0 Å². The summed E-state index contributed by atoms with van der Waals surface area (Å²) in [7, 11) is 0. The van der Waals surface area contributed by atoms with Gasteiger partial charge in [0, 0.05) is 11.3 Å². The molecule has 2 heteroatoms. The van der Waals surface area contributed by atoms with Gasteiger partial charge in [0.2, 0.25) is 0 Å². The molecule has 0 spiro atoms. The number of fused-ring (bicyclic) bond motifs is 1. The molecule has 2 rings (SSSR count). The SMILES string of the molecule is CCCNC1c2ccccc2CC1SCC(C)C. The van der Waals surface area contributed by atoms with Crippen LogP contribution in [0.25, 0.3) is 0 Å². The van der Waals surface area contributed by atoms with Crippen LogP contribution in [-0.2, 0) is 6.42 Å². The molecule has 100 valence electrons. The van der Waals surface area contributed by atoms with Crippen molar-refractivity contribution in [2.24, 2.45) is 5.92 Å². The van der Waals surface area contributed by atoms with Gasteiger partial charge in [-0.3, -0.25) is 0 Å². The number of benzene rings is 1. The summed E-state index contributed by atoms with van der Waals surface area (Å²) in [5.74, 6) is 2.05. The molecule has 0 amide bonds. The molecule has 1 N–H and O–H groups in total. The molecule has 0 fully saturated rings. The third-order valence-electron chi connectivity index (χ3n) is 3.44. The first-order valence-electron chi connectivity index (χ1n) is 7.15. The van der Waals surface area contributed by atoms with Crippen molar-refractivity contribution in [2.45, 2.75) is 44.9 Å². The Morgan fingerprint density at radius 3 is 2.83 bits per heavy atom. The first-order valence-corrected chi connectivity index (χ1v) is 8.20. The van der Waals surface area contributed by atoms with Crippen molar-refractivity contribution in [1.29, 1.82) is 0 Å². The van der Waals surface area contributed by atoms with Crippen molar-refractivity contribution >= 4 is 11.8 Å². The van der Waals surface area contributed by atoms with E-state index in [2.05, 4.69) is 62.1 Å². The van der Waals surface area contributed by atoms with Crippen LogP contribution < -0.4 is 5.32 Å². The maximum absolute atomic E-state index is 3.74. The average Bonchev–Trinajstić information content (AvgIpc) is 2.71. The molecule has 0 radical (unpaired) electrons. The van der Waals surface area contributed by atoms with E-state index in [1.54, 1.807) is 5.56 Å². The zero-order chi connectivity index (χ0) is 13.0. The zero-order valence-electron chi connectivity index (χ0n) is 11.8. The fourth-order valence-corrected chi connectivity index (χ4v) is 3.94. The van der Waals surface area contributed by atoms with Gasteiger partial charge in [0.05, 0.1) is 0 Å². The number of rotatable bonds is 6. The molecule has 1 aliphatic carbocycles. The standard InChI is InChI=1S/C16H25NS/c1-4-9-17-16-14-8-6-5-7-13(14)10-15(16)18-11-12(2)3/h5-8,12,15-17H,4,9-11H2,1-3H3. The summed E-state index contributed by atoms with van der Waals surface area (Å²) in [6.45, 7) is 7.98. The Morgan fingerprint density at radius 1 is 1.33 bits per heavy atom. The van der Waals surface area contributed by atoms with Gasteiger partial charge in [-0.25, -0.2) is 0 Å². The Kier molecular flexibility index (Phi) is 5.13. The Labute approximate surface area is 116 Å². The molecule has 2 atom stereocenters. The van der Waals surface area contributed by atoms with Gasteiger partial charge >= 0.3 is 0 Å². The third-order valence-corrected chi connectivity index (χ3v) is 5.17. The second-order valence-electron chi connectivity index (χ2n) is 5.60. The predicted molar refractivity (Wildman–Crippen MR) is 82.3 cm³/mol. The average molecular weight is 263 g/mol. The second-order valence-corrected chi connectivity index (χ2v) is 6.87. The van der Waals surface area contributed by atoms with Crippen LogP contribution in [0, 0.1) is 5.92 Å². The molecule has 0 aromatic heterocycles. The van der Waals surface area contributed by atoms with Gasteiger partial charge in [-0.05, 0) is 42.2 Å². The molecule has 1 aromatic rings. The topological polar surface area (TPSA) is 12.0 Å². The maximum atomic E-state index is 3.74. The zero-order valence-corrected chi connectivity index (χ0v) is 12.6. The summed E-state index contributed by atoms with van der Waals surface area (Å²) >= 11 is 2.14. The normalized spacial score (nSPS) is 22.4. The highest BCUT2D eigenvalue weighted by Gasteiger charge is 2.31. The molecule has 0 saturated carbocycles. The number of nitrogens with one attached hydrogen (secondary N) is 1. The third kappa shape index (κ3) is 3.30. The van der Waals surface area contributed by atoms with E-state index in [1.807, 2.05) is 0 Å². The summed E-state index contributed by atoms with van der Waals surface area (Å²) < 4.78 is 0. The van der Waals surface area contributed by atoms with E-state index in [0.717, 1.165) is 17.7 Å². The van der Waals surface area contributed by atoms with E-state index in [0.29, 0.717) is 6.04 Å². The fraction of sp³-hybridized carbons (Fsp3) is 0.625. The van der Waals surface area contributed by atoms with Crippen LogP contribution in [0.4, 0.5) is 0 Å². The van der Waals surface area contributed by atoms with E-state index in [9.17, 15) is 0 Å². The van der Waals surface area contributed by atoms with Gasteiger partial charge in [0.15, 0.2) is 0 Å².